The van der Waals surface area contributed by atoms with E-state index in [1.54, 1.807) is 0 Å². The molecular weight excluding hydrogens is 214 g/mol. The number of aryl methyl sites for hydroxylation is 1. The van der Waals surface area contributed by atoms with E-state index in [0.29, 0.717) is 0 Å². The van der Waals surface area contributed by atoms with Gasteiger partial charge in [-0.25, -0.2) is 4.98 Å². The minimum absolute atomic E-state index is 0.238. The highest BCUT2D eigenvalue weighted by molar-refractivity contribution is 5.11. The van der Waals surface area contributed by atoms with Gasteiger partial charge in [-0.1, -0.05) is 0 Å². The van der Waals surface area contributed by atoms with Crippen LogP contribution in [0, 0.1) is 5.92 Å². The van der Waals surface area contributed by atoms with Crippen LogP contribution in [-0.2, 0) is 13.0 Å². The molecule has 0 spiro atoms. The Hall–Kier alpha value is -0.870. The monoisotopic (exact) mass is 235 g/mol. The van der Waals surface area contributed by atoms with Gasteiger partial charge in [-0.05, 0) is 44.7 Å². The molecule has 2 N–H and O–H groups in total. The Morgan fingerprint density at radius 1 is 1.47 bits per heavy atom. The van der Waals surface area contributed by atoms with E-state index in [4.69, 9.17) is 4.98 Å². The maximum absolute atomic E-state index is 9.37. The van der Waals surface area contributed by atoms with E-state index in [0.717, 1.165) is 44.2 Å². The number of hydrogen-bond acceptors (Lipinski definition) is 3. The summed E-state index contributed by atoms with van der Waals surface area (Å²) in [6.07, 6.45) is 6.81. The second-order valence-corrected chi connectivity index (χ2v) is 5.37. The number of rotatable bonds is 3. The lowest BCUT2D eigenvalue weighted by Crippen LogP contribution is -2.18. The van der Waals surface area contributed by atoms with Gasteiger partial charge in [0.2, 0.25) is 0 Å². The predicted octanol–water partition coefficient (Wildman–Crippen LogP) is 0.905. The minimum atomic E-state index is 0.238. The van der Waals surface area contributed by atoms with E-state index >= 15 is 0 Å². The van der Waals surface area contributed by atoms with Crippen molar-refractivity contribution in [3.05, 3.63) is 17.7 Å². The molecule has 0 aliphatic carbocycles. The van der Waals surface area contributed by atoms with Crippen molar-refractivity contribution >= 4 is 0 Å². The van der Waals surface area contributed by atoms with Crippen LogP contribution >= 0.6 is 0 Å². The number of aliphatic hydroxyl groups is 1. The topological polar surface area (TPSA) is 50.1 Å². The van der Waals surface area contributed by atoms with Gasteiger partial charge >= 0.3 is 0 Å². The van der Waals surface area contributed by atoms with E-state index in [-0.39, 0.29) is 12.5 Å². The SMILES string of the molecule is OCC1CCCn2cc(CC3CCNC3)nc21. The molecule has 3 heterocycles. The van der Waals surface area contributed by atoms with Crippen LogP contribution in [0.4, 0.5) is 0 Å². The molecule has 0 amide bonds. The Labute approximate surface area is 102 Å². The normalized spacial score (nSPS) is 28.3. The zero-order valence-corrected chi connectivity index (χ0v) is 10.2. The highest BCUT2D eigenvalue weighted by Crippen LogP contribution is 2.27. The fourth-order valence-electron chi connectivity index (χ4n) is 3.08. The fourth-order valence-corrected chi connectivity index (χ4v) is 3.08. The zero-order chi connectivity index (χ0) is 11.7. The number of nitrogens with zero attached hydrogens (tertiary/aromatic N) is 2. The van der Waals surface area contributed by atoms with Crippen molar-refractivity contribution in [2.24, 2.45) is 5.92 Å². The van der Waals surface area contributed by atoms with Gasteiger partial charge in [-0.3, -0.25) is 0 Å². The molecule has 1 saturated heterocycles. The third-order valence-electron chi connectivity index (χ3n) is 4.05. The Balaban J connectivity index is 1.75. The van der Waals surface area contributed by atoms with Crippen LogP contribution in [0.15, 0.2) is 6.20 Å². The predicted molar refractivity (Wildman–Crippen MR) is 66.0 cm³/mol. The van der Waals surface area contributed by atoms with Crippen LogP contribution in [0.5, 0.6) is 0 Å². The highest BCUT2D eigenvalue weighted by atomic mass is 16.3. The van der Waals surface area contributed by atoms with E-state index < -0.39 is 0 Å². The molecule has 2 aliphatic rings. The minimum Gasteiger partial charge on any atom is -0.396 e. The summed E-state index contributed by atoms with van der Waals surface area (Å²) in [5, 5.41) is 12.8. The molecule has 0 bridgehead atoms. The maximum atomic E-state index is 9.37. The molecule has 2 aliphatic heterocycles. The molecule has 1 fully saturated rings. The fraction of sp³-hybridized carbons (Fsp3) is 0.769. The molecule has 94 valence electrons. The Morgan fingerprint density at radius 2 is 2.41 bits per heavy atom. The number of aliphatic hydroxyl groups excluding tert-OH is 1. The largest absolute Gasteiger partial charge is 0.396 e. The summed E-state index contributed by atoms with van der Waals surface area (Å²) >= 11 is 0. The van der Waals surface area contributed by atoms with Gasteiger partial charge in [0.05, 0.1) is 12.3 Å². The second-order valence-electron chi connectivity index (χ2n) is 5.37. The van der Waals surface area contributed by atoms with Gasteiger partial charge in [-0.2, -0.15) is 0 Å². The van der Waals surface area contributed by atoms with Gasteiger partial charge in [0.25, 0.3) is 0 Å². The smallest absolute Gasteiger partial charge is 0.114 e. The molecule has 0 radical (unpaired) electrons. The first-order valence-corrected chi connectivity index (χ1v) is 6.74. The van der Waals surface area contributed by atoms with E-state index in [9.17, 15) is 5.11 Å². The molecule has 17 heavy (non-hydrogen) atoms. The molecule has 2 atom stereocenters. The number of imidazole rings is 1. The summed E-state index contributed by atoms with van der Waals surface area (Å²) in [7, 11) is 0. The molecule has 2 unspecified atom stereocenters. The quantitative estimate of drug-likeness (QED) is 0.818. The van der Waals surface area contributed by atoms with E-state index in [2.05, 4.69) is 16.1 Å². The summed E-state index contributed by atoms with van der Waals surface area (Å²) in [5.41, 5.74) is 1.22. The summed E-state index contributed by atoms with van der Waals surface area (Å²) in [6.45, 7) is 3.59. The first-order valence-electron chi connectivity index (χ1n) is 6.74. The van der Waals surface area contributed by atoms with Crippen LogP contribution < -0.4 is 5.32 Å². The van der Waals surface area contributed by atoms with Crippen molar-refractivity contribution in [1.29, 1.82) is 0 Å². The number of aromatic nitrogens is 2. The highest BCUT2D eigenvalue weighted by Gasteiger charge is 2.23. The van der Waals surface area contributed by atoms with Crippen LogP contribution in [-0.4, -0.2) is 34.4 Å². The van der Waals surface area contributed by atoms with E-state index in [1.165, 1.54) is 18.5 Å². The second kappa shape index (κ2) is 4.78. The molecular formula is C13H21N3O. The Morgan fingerprint density at radius 3 is 3.18 bits per heavy atom. The molecule has 1 aromatic heterocycles. The van der Waals surface area contributed by atoms with Crippen LogP contribution in [0.2, 0.25) is 0 Å². The molecule has 0 saturated carbocycles. The van der Waals surface area contributed by atoms with Gasteiger partial charge in [0, 0.05) is 18.7 Å². The standard InChI is InChI=1S/C13H21N3O/c17-9-11-2-1-5-16-8-12(15-13(11)16)6-10-3-4-14-7-10/h8,10-11,14,17H,1-7,9H2. The van der Waals surface area contributed by atoms with Crippen LogP contribution in [0.25, 0.3) is 0 Å². The summed E-state index contributed by atoms with van der Waals surface area (Å²) in [6, 6.07) is 0. The number of fused-ring (bicyclic) bond motifs is 1. The molecule has 3 rings (SSSR count). The lowest BCUT2D eigenvalue weighted by molar-refractivity contribution is 0.238. The third-order valence-corrected chi connectivity index (χ3v) is 4.05. The van der Waals surface area contributed by atoms with Gasteiger partial charge in [0.15, 0.2) is 0 Å². The van der Waals surface area contributed by atoms with E-state index in [1.807, 2.05) is 0 Å². The van der Waals surface area contributed by atoms with Crippen LogP contribution in [0.1, 0.15) is 36.7 Å². The molecule has 1 aromatic rings. The van der Waals surface area contributed by atoms with Crippen molar-refractivity contribution in [2.75, 3.05) is 19.7 Å². The molecule has 4 heteroatoms. The van der Waals surface area contributed by atoms with Crippen molar-refractivity contribution in [3.8, 4) is 0 Å². The molecule has 0 aromatic carbocycles. The summed E-state index contributed by atoms with van der Waals surface area (Å²) in [4.78, 5) is 4.74. The summed E-state index contributed by atoms with van der Waals surface area (Å²) < 4.78 is 2.25. The number of nitrogens with one attached hydrogen (secondary N) is 1. The van der Waals surface area contributed by atoms with Gasteiger partial charge in [-0.15, -0.1) is 0 Å². The Kier molecular flexibility index (Phi) is 3.16. The first kappa shape index (κ1) is 11.2. The van der Waals surface area contributed by atoms with Gasteiger partial charge < -0.3 is 15.0 Å². The number of hydrogen-bond donors (Lipinski definition) is 2. The molecule has 4 nitrogen and oxygen atoms in total. The van der Waals surface area contributed by atoms with Crippen molar-refractivity contribution in [2.45, 2.75) is 38.1 Å². The van der Waals surface area contributed by atoms with Crippen molar-refractivity contribution in [1.82, 2.24) is 14.9 Å². The van der Waals surface area contributed by atoms with Crippen LogP contribution in [0.3, 0.4) is 0 Å². The zero-order valence-electron chi connectivity index (χ0n) is 10.2. The summed E-state index contributed by atoms with van der Waals surface area (Å²) in [5.74, 6) is 2.12. The average Bonchev–Trinajstić information content (AvgIpc) is 2.97. The first-order chi connectivity index (χ1) is 8.36. The van der Waals surface area contributed by atoms with Gasteiger partial charge in [0.1, 0.15) is 5.82 Å². The maximum Gasteiger partial charge on any atom is 0.114 e. The Bertz CT molecular complexity index is 382. The van der Waals surface area contributed by atoms with Crippen molar-refractivity contribution in [3.63, 3.8) is 0 Å². The average molecular weight is 235 g/mol. The lowest BCUT2D eigenvalue weighted by atomic mass is 10.0. The van der Waals surface area contributed by atoms with Crippen molar-refractivity contribution < 1.29 is 5.11 Å². The third kappa shape index (κ3) is 2.24. The lowest BCUT2D eigenvalue weighted by Gasteiger charge is -2.21.